The Labute approximate surface area is 87.9 Å². The number of unbranched alkanes of at least 4 members (excludes halogenated alkanes) is 5. The maximum Gasteiger partial charge on any atom is 0.0677 e. The summed E-state index contributed by atoms with van der Waals surface area (Å²) < 4.78 is 0. The lowest BCUT2D eigenvalue weighted by atomic mass is 9.73. The Morgan fingerprint density at radius 2 is 1.71 bits per heavy atom. The van der Waals surface area contributed by atoms with E-state index < -0.39 is 0 Å². The predicted molar refractivity (Wildman–Crippen MR) is 60.2 cm³/mol. The van der Waals surface area contributed by atoms with Crippen LogP contribution in [-0.2, 0) is 0 Å². The standard InChI is InChI=1S/C12H25NO/c1-2-3-4-5-6-7-8-12(14)9-11(13)10-12/h11,14H,2-10,13H2,1H3. The van der Waals surface area contributed by atoms with Gasteiger partial charge in [-0.2, -0.15) is 0 Å². The molecule has 0 aromatic rings. The lowest BCUT2D eigenvalue weighted by molar-refractivity contribution is -0.0546. The number of rotatable bonds is 7. The Kier molecular flexibility index (Phi) is 4.90. The first kappa shape index (κ1) is 12.0. The van der Waals surface area contributed by atoms with Crippen molar-refractivity contribution in [2.75, 3.05) is 0 Å². The fourth-order valence-corrected chi connectivity index (χ4v) is 2.35. The predicted octanol–water partition coefficient (Wildman–Crippen LogP) is 2.59. The fraction of sp³-hybridized carbons (Fsp3) is 1.00. The second kappa shape index (κ2) is 5.72. The van der Waals surface area contributed by atoms with E-state index in [1.54, 1.807) is 0 Å². The summed E-state index contributed by atoms with van der Waals surface area (Å²) in [5, 5.41) is 9.90. The van der Waals surface area contributed by atoms with Gasteiger partial charge in [0, 0.05) is 6.04 Å². The van der Waals surface area contributed by atoms with Gasteiger partial charge in [-0.15, -0.1) is 0 Å². The molecule has 0 spiro atoms. The van der Waals surface area contributed by atoms with Crippen molar-refractivity contribution in [3.63, 3.8) is 0 Å². The van der Waals surface area contributed by atoms with Crippen LogP contribution in [0.2, 0.25) is 0 Å². The molecule has 0 bridgehead atoms. The molecule has 1 aliphatic carbocycles. The lowest BCUT2D eigenvalue weighted by Gasteiger charge is -2.42. The molecule has 1 aliphatic rings. The minimum Gasteiger partial charge on any atom is -0.390 e. The number of aliphatic hydroxyl groups is 1. The summed E-state index contributed by atoms with van der Waals surface area (Å²) in [7, 11) is 0. The Bertz CT molecular complexity index is 152. The maximum atomic E-state index is 9.90. The van der Waals surface area contributed by atoms with Gasteiger partial charge < -0.3 is 10.8 Å². The van der Waals surface area contributed by atoms with E-state index in [0.29, 0.717) is 0 Å². The van der Waals surface area contributed by atoms with Crippen molar-refractivity contribution in [1.82, 2.24) is 0 Å². The monoisotopic (exact) mass is 199 g/mol. The van der Waals surface area contributed by atoms with Crippen LogP contribution >= 0.6 is 0 Å². The van der Waals surface area contributed by atoms with Gasteiger partial charge in [0.2, 0.25) is 0 Å². The van der Waals surface area contributed by atoms with Gasteiger partial charge in [0.05, 0.1) is 5.60 Å². The average molecular weight is 199 g/mol. The van der Waals surface area contributed by atoms with Crippen LogP contribution < -0.4 is 5.73 Å². The zero-order valence-corrected chi connectivity index (χ0v) is 9.47. The van der Waals surface area contributed by atoms with E-state index in [4.69, 9.17) is 5.73 Å². The lowest BCUT2D eigenvalue weighted by Crippen LogP contribution is -2.51. The van der Waals surface area contributed by atoms with Crippen molar-refractivity contribution in [3.05, 3.63) is 0 Å². The van der Waals surface area contributed by atoms with E-state index >= 15 is 0 Å². The van der Waals surface area contributed by atoms with Crippen LogP contribution in [0.1, 0.15) is 64.7 Å². The third kappa shape index (κ3) is 3.97. The van der Waals surface area contributed by atoms with E-state index in [1.165, 1.54) is 38.5 Å². The molecule has 14 heavy (non-hydrogen) atoms. The number of nitrogens with two attached hydrogens (primary N) is 1. The second-order valence-electron chi connectivity index (χ2n) is 4.91. The van der Waals surface area contributed by atoms with Gasteiger partial charge in [0.25, 0.3) is 0 Å². The molecule has 0 radical (unpaired) electrons. The molecule has 2 heteroatoms. The fourth-order valence-electron chi connectivity index (χ4n) is 2.35. The summed E-state index contributed by atoms with van der Waals surface area (Å²) in [6, 6.07) is 0.264. The molecular weight excluding hydrogens is 174 g/mol. The van der Waals surface area contributed by atoms with Crippen molar-refractivity contribution in [2.24, 2.45) is 5.73 Å². The Morgan fingerprint density at radius 1 is 1.14 bits per heavy atom. The van der Waals surface area contributed by atoms with Gasteiger partial charge in [0.15, 0.2) is 0 Å². The van der Waals surface area contributed by atoms with E-state index in [9.17, 15) is 5.11 Å². The largest absolute Gasteiger partial charge is 0.390 e. The third-order valence-corrected chi connectivity index (χ3v) is 3.28. The third-order valence-electron chi connectivity index (χ3n) is 3.28. The minimum atomic E-state index is -0.385. The zero-order valence-electron chi connectivity index (χ0n) is 9.47. The first-order valence-corrected chi connectivity index (χ1v) is 6.14. The van der Waals surface area contributed by atoms with E-state index in [0.717, 1.165) is 19.3 Å². The molecular formula is C12H25NO. The molecule has 2 nitrogen and oxygen atoms in total. The first-order chi connectivity index (χ1) is 6.66. The molecule has 0 heterocycles. The van der Waals surface area contributed by atoms with Crippen molar-refractivity contribution in [2.45, 2.75) is 76.4 Å². The molecule has 84 valence electrons. The quantitative estimate of drug-likeness (QED) is 0.619. The van der Waals surface area contributed by atoms with E-state index in [-0.39, 0.29) is 11.6 Å². The SMILES string of the molecule is CCCCCCCCC1(O)CC(N)C1. The van der Waals surface area contributed by atoms with Crippen LogP contribution in [0.5, 0.6) is 0 Å². The number of hydrogen-bond donors (Lipinski definition) is 2. The Hall–Kier alpha value is -0.0800. The van der Waals surface area contributed by atoms with Crippen LogP contribution in [0.25, 0.3) is 0 Å². The summed E-state index contributed by atoms with van der Waals surface area (Å²) in [4.78, 5) is 0. The summed E-state index contributed by atoms with van der Waals surface area (Å²) in [5.74, 6) is 0. The Morgan fingerprint density at radius 3 is 2.29 bits per heavy atom. The molecule has 1 rings (SSSR count). The second-order valence-corrected chi connectivity index (χ2v) is 4.91. The van der Waals surface area contributed by atoms with Crippen LogP contribution in [0.3, 0.4) is 0 Å². The smallest absolute Gasteiger partial charge is 0.0677 e. The summed E-state index contributed by atoms with van der Waals surface area (Å²) in [5.41, 5.74) is 5.28. The van der Waals surface area contributed by atoms with Gasteiger partial charge in [-0.1, -0.05) is 45.4 Å². The normalized spacial score (nSPS) is 31.5. The molecule has 1 saturated carbocycles. The summed E-state index contributed by atoms with van der Waals surface area (Å²) in [6.07, 6.45) is 10.4. The minimum absolute atomic E-state index is 0.264. The van der Waals surface area contributed by atoms with Gasteiger partial charge in [-0.05, 0) is 19.3 Å². The molecule has 0 unspecified atom stereocenters. The first-order valence-electron chi connectivity index (χ1n) is 6.14. The molecule has 3 N–H and O–H groups in total. The molecule has 0 saturated heterocycles. The molecule has 0 aliphatic heterocycles. The highest BCUT2D eigenvalue weighted by Crippen LogP contribution is 2.35. The van der Waals surface area contributed by atoms with Gasteiger partial charge in [-0.3, -0.25) is 0 Å². The topological polar surface area (TPSA) is 46.2 Å². The van der Waals surface area contributed by atoms with Crippen LogP contribution in [0, 0.1) is 0 Å². The molecule has 0 aromatic carbocycles. The molecule has 1 fully saturated rings. The highest BCUT2D eigenvalue weighted by molar-refractivity contribution is 4.96. The maximum absolute atomic E-state index is 9.90. The average Bonchev–Trinajstić information content (AvgIpc) is 2.09. The van der Waals surface area contributed by atoms with Gasteiger partial charge in [0.1, 0.15) is 0 Å². The summed E-state index contributed by atoms with van der Waals surface area (Å²) in [6.45, 7) is 2.23. The van der Waals surface area contributed by atoms with Gasteiger partial charge >= 0.3 is 0 Å². The van der Waals surface area contributed by atoms with Crippen LogP contribution in [-0.4, -0.2) is 16.7 Å². The van der Waals surface area contributed by atoms with Crippen molar-refractivity contribution >= 4 is 0 Å². The highest BCUT2D eigenvalue weighted by Gasteiger charge is 2.39. The van der Waals surface area contributed by atoms with Crippen molar-refractivity contribution in [3.8, 4) is 0 Å². The molecule has 0 atom stereocenters. The Balaban J connectivity index is 1.89. The zero-order chi connectivity index (χ0) is 10.4. The van der Waals surface area contributed by atoms with E-state index in [1.807, 2.05) is 0 Å². The van der Waals surface area contributed by atoms with Crippen LogP contribution in [0.4, 0.5) is 0 Å². The molecule has 0 aromatic heterocycles. The van der Waals surface area contributed by atoms with E-state index in [2.05, 4.69) is 6.92 Å². The summed E-state index contributed by atoms with van der Waals surface area (Å²) >= 11 is 0. The number of hydrogen-bond acceptors (Lipinski definition) is 2. The molecule has 0 amide bonds. The van der Waals surface area contributed by atoms with Crippen LogP contribution in [0.15, 0.2) is 0 Å². The van der Waals surface area contributed by atoms with Gasteiger partial charge in [-0.25, -0.2) is 0 Å². The van der Waals surface area contributed by atoms with Crippen molar-refractivity contribution in [1.29, 1.82) is 0 Å². The van der Waals surface area contributed by atoms with Crippen molar-refractivity contribution < 1.29 is 5.11 Å². The highest BCUT2D eigenvalue weighted by atomic mass is 16.3.